The summed E-state index contributed by atoms with van der Waals surface area (Å²) < 4.78 is 0. The van der Waals surface area contributed by atoms with Crippen molar-refractivity contribution >= 4 is 46.5 Å². The molecule has 0 atom stereocenters. The zero-order chi connectivity index (χ0) is 15.5. The van der Waals surface area contributed by atoms with Crippen LogP contribution in [-0.4, -0.2) is 23.5 Å². The van der Waals surface area contributed by atoms with E-state index in [1.807, 2.05) is 42.5 Å². The summed E-state index contributed by atoms with van der Waals surface area (Å²) in [7, 11) is 0. The first-order valence-electron chi connectivity index (χ1n) is 6.56. The molecule has 2 aromatic rings. The van der Waals surface area contributed by atoms with Crippen molar-refractivity contribution in [2.75, 3.05) is 5.88 Å². The molecule has 0 aromatic heterocycles. The molecule has 0 spiro atoms. The Morgan fingerprint density at radius 3 is 2.50 bits per heavy atom. The van der Waals surface area contributed by atoms with E-state index in [0.717, 1.165) is 11.1 Å². The maximum Gasteiger partial charge on any atom is 0.240 e. The van der Waals surface area contributed by atoms with Gasteiger partial charge in [-0.25, -0.2) is 9.98 Å². The summed E-state index contributed by atoms with van der Waals surface area (Å²) in [5.74, 6) is 0.521. The van der Waals surface area contributed by atoms with E-state index in [1.54, 1.807) is 6.07 Å². The molecule has 1 aliphatic rings. The van der Waals surface area contributed by atoms with E-state index < -0.39 is 0 Å². The molecule has 1 amide bonds. The average Bonchev–Trinajstić information content (AvgIpc) is 2.88. The number of carbonyl (C=O) groups is 1. The number of para-hydroxylation sites is 1. The van der Waals surface area contributed by atoms with Crippen molar-refractivity contribution in [1.82, 2.24) is 5.32 Å². The molecule has 0 bridgehead atoms. The molecule has 3 rings (SSSR count). The SMILES string of the molecule is O=C(CCl)NC1=NC(=Nc2ccccc2Cl)c2ccccc21. The topological polar surface area (TPSA) is 53.8 Å². The number of nitrogens with zero attached hydrogens (tertiary/aromatic N) is 2. The first-order chi connectivity index (χ1) is 10.7. The third-order valence-corrected chi connectivity index (χ3v) is 3.66. The summed E-state index contributed by atoms with van der Waals surface area (Å²) >= 11 is 11.7. The van der Waals surface area contributed by atoms with Crippen molar-refractivity contribution in [1.29, 1.82) is 0 Å². The van der Waals surface area contributed by atoms with E-state index in [9.17, 15) is 4.79 Å². The number of halogens is 2. The highest BCUT2D eigenvalue weighted by molar-refractivity contribution is 6.34. The van der Waals surface area contributed by atoms with Gasteiger partial charge >= 0.3 is 0 Å². The maximum absolute atomic E-state index is 11.5. The molecule has 6 heteroatoms. The minimum absolute atomic E-state index is 0.127. The lowest BCUT2D eigenvalue weighted by molar-refractivity contribution is -0.117. The molecule has 22 heavy (non-hydrogen) atoms. The Bertz CT molecular complexity index is 799. The second-order valence-corrected chi connectivity index (χ2v) is 5.25. The van der Waals surface area contributed by atoms with Crippen LogP contribution >= 0.6 is 23.2 Å². The van der Waals surface area contributed by atoms with Crippen LogP contribution in [0, 0.1) is 0 Å². The van der Waals surface area contributed by atoms with E-state index in [0.29, 0.717) is 22.4 Å². The number of benzene rings is 2. The van der Waals surface area contributed by atoms with Gasteiger partial charge in [-0.3, -0.25) is 4.79 Å². The Hall–Kier alpha value is -2.17. The minimum Gasteiger partial charge on any atom is -0.309 e. The number of hydrogen-bond acceptors (Lipinski definition) is 2. The van der Waals surface area contributed by atoms with Crippen molar-refractivity contribution in [2.45, 2.75) is 0 Å². The molecule has 0 saturated carbocycles. The Kier molecular flexibility index (Phi) is 4.22. The first-order valence-corrected chi connectivity index (χ1v) is 7.48. The number of amidine groups is 2. The lowest BCUT2D eigenvalue weighted by Gasteiger charge is -2.03. The number of fused-ring (bicyclic) bond motifs is 1. The second-order valence-electron chi connectivity index (χ2n) is 4.57. The second kappa shape index (κ2) is 6.30. The first kappa shape index (κ1) is 14.8. The number of hydrogen-bond donors (Lipinski definition) is 1. The van der Waals surface area contributed by atoms with Gasteiger partial charge in [-0.1, -0.05) is 48.0 Å². The normalized spacial score (nSPS) is 14.6. The fourth-order valence-electron chi connectivity index (χ4n) is 2.11. The number of nitrogens with one attached hydrogen (secondary N) is 1. The third-order valence-electron chi connectivity index (χ3n) is 3.10. The summed E-state index contributed by atoms with van der Waals surface area (Å²) in [4.78, 5) is 20.4. The summed E-state index contributed by atoms with van der Waals surface area (Å²) in [6.07, 6.45) is 0. The molecular formula is C16H11Cl2N3O. The molecule has 110 valence electrons. The molecule has 0 saturated heterocycles. The fraction of sp³-hybridized carbons (Fsp3) is 0.0625. The average molecular weight is 332 g/mol. The lowest BCUT2D eigenvalue weighted by atomic mass is 10.1. The number of alkyl halides is 1. The Morgan fingerprint density at radius 1 is 1.09 bits per heavy atom. The van der Waals surface area contributed by atoms with E-state index in [-0.39, 0.29) is 11.8 Å². The Labute approximate surface area is 137 Å². The van der Waals surface area contributed by atoms with Gasteiger partial charge in [0.15, 0.2) is 5.84 Å². The molecule has 0 aliphatic carbocycles. The number of amides is 1. The quantitative estimate of drug-likeness (QED) is 0.841. The minimum atomic E-state index is -0.311. The molecule has 0 unspecified atom stereocenters. The smallest absolute Gasteiger partial charge is 0.240 e. The van der Waals surface area contributed by atoms with Crippen LogP contribution in [-0.2, 0) is 4.79 Å². The molecular weight excluding hydrogens is 321 g/mol. The maximum atomic E-state index is 11.5. The van der Waals surface area contributed by atoms with Crippen molar-refractivity contribution in [3.63, 3.8) is 0 Å². The van der Waals surface area contributed by atoms with Gasteiger partial charge in [-0.05, 0) is 12.1 Å². The fourth-order valence-corrected chi connectivity index (χ4v) is 2.36. The Morgan fingerprint density at radius 2 is 1.77 bits per heavy atom. The lowest BCUT2D eigenvalue weighted by Crippen LogP contribution is -2.31. The molecule has 1 N–H and O–H groups in total. The van der Waals surface area contributed by atoms with Gasteiger partial charge in [-0.15, -0.1) is 11.6 Å². The molecule has 0 radical (unpaired) electrons. The van der Waals surface area contributed by atoms with Crippen molar-refractivity contribution in [3.8, 4) is 0 Å². The van der Waals surface area contributed by atoms with E-state index in [4.69, 9.17) is 23.2 Å². The molecule has 2 aromatic carbocycles. The summed E-state index contributed by atoms with van der Waals surface area (Å²) in [6.45, 7) is 0. The molecule has 1 heterocycles. The van der Waals surface area contributed by atoms with Crippen LogP contribution in [0.3, 0.4) is 0 Å². The number of aliphatic imine (C=N–C) groups is 2. The molecule has 1 aliphatic heterocycles. The van der Waals surface area contributed by atoms with E-state index in [1.165, 1.54) is 0 Å². The zero-order valence-corrected chi connectivity index (χ0v) is 12.9. The van der Waals surface area contributed by atoms with Gasteiger partial charge in [0.1, 0.15) is 11.7 Å². The van der Waals surface area contributed by atoms with Crippen molar-refractivity contribution in [3.05, 3.63) is 64.7 Å². The van der Waals surface area contributed by atoms with Crippen LogP contribution in [0.5, 0.6) is 0 Å². The summed E-state index contributed by atoms with van der Waals surface area (Å²) in [6, 6.07) is 14.8. The largest absolute Gasteiger partial charge is 0.309 e. The Balaban J connectivity index is 2.05. The van der Waals surface area contributed by atoms with E-state index >= 15 is 0 Å². The highest BCUT2D eigenvalue weighted by atomic mass is 35.5. The van der Waals surface area contributed by atoms with Gasteiger partial charge in [-0.2, -0.15) is 0 Å². The van der Waals surface area contributed by atoms with E-state index in [2.05, 4.69) is 15.3 Å². The summed E-state index contributed by atoms with van der Waals surface area (Å²) in [5.41, 5.74) is 2.28. The van der Waals surface area contributed by atoms with Crippen LogP contribution in [0.25, 0.3) is 0 Å². The van der Waals surface area contributed by atoms with Gasteiger partial charge in [0.05, 0.1) is 10.7 Å². The molecule has 4 nitrogen and oxygen atoms in total. The predicted molar refractivity (Wildman–Crippen MR) is 89.5 cm³/mol. The van der Waals surface area contributed by atoms with Crippen molar-refractivity contribution in [2.24, 2.45) is 9.98 Å². The third kappa shape index (κ3) is 2.89. The predicted octanol–water partition coefficient (Wildman–Crippen LogP) is 3.53. The highest BCUT2D eigenvalue weighted by Gasteiger charge is 2.22. The van der Waals surface area contributed by atoms with Gasteiger partial charge < -0.3 is 5.32 Å². The van der Waals surface area contributed by atoms with Crippen LogP contribution in [0.4, 0.5) is 5.69 Å². The van der Waals surface area contributed by atoms with Crippen molar-refractivity contribution < 1.29 is 4.79 Å². The van der Waals surface area contributed by atoms with Gasteiger partial charge in [0.25, 0.3) is 0 Å². The van der Waals surface area contributed by atoms with Gasteiger partial charge in [0.2, 0.25) is 5.91 Å². The van der Waals surface area contributed by atoms with Crippen LogP contribution in [0.1, 0.15) is 11.1 Å². The monoisotopic (exact) mass is 331 g/mol. The molecule has 0 fully saturated rings. The van der Waals surface area contributed by atoms with Crippen LogP contribution in [0.2, 0.25) is 5.02 Å². The summed E-state index contributed by atoms with van der Waals surface area (Å²) in [5, 5.41) is 3.22. The van der Waals surface area contributed by atoms with Gasteiger partial charge in [0, 0.05) is 11.1 Å². The zero-order valence-electron chi connectivity index (χ0n) is 11.4. The number of rotatable bonds is 2. The van der Waals surface area contributed by atoms with Crippen LogP contribution < -0.4 is 5.32 Å². The standard InChI is InChI=1S/C16H11Cl2N3O/c17-9-14(22)20-16-11-6-2-1-5-10(11)15(21-16)19-13-8-4-3-7-12(13)18/h1-8H,9H2,(H,19,20,21,22). The van der Waals surface area contributed by atoms with Crippen LogP contribution in [0.15, 0.2) is 58.5 Å². The number of carbonyl (C=O) groups excluding carboxylic acids is 1. The highest BCUT2D eigenvalue weighted by Crippen LogP contribution is 2.27.